The third-order valence-electron chi connectivity index (χ3n) is 3.11. The molecule has 6 heteroatoms. The van der Waals surface area contributed by atoms with Gasteiger partial charge in [0.05, 0.1) is 4.34 Å². The van der Waals surface area contributed by atoms with Gasteiger partial charge in [0.25, 0.3) is 0 Å². The van der Waals surface area contributed by atoms with Crippen molar-refractivity contribution in [3.05, 3.63) is 54.6 Å². The summed E-state index contributed by atoms with van der Waals surface area (Å²) < 4.78 is 1.77. The van der Waals surface area contributed by atoms with Crippen LogP contribution in [0.5, 0.6) is 0 Å². The maximum atomic E-state index is 6.32. The Morgan fingerprint density at radius 2 is 2.05 bits per heavy atom. The van der Waals surface area contributed by atoms with E-state index in [0.717, 1.165) is 25.9 Å². The molecule has 1 unspecified atom stereocenters. The summed E-state index contributed by atoms with van der Waals surface area (Å²) in [4.78, 5) is 3.40. The van der Waals surface area contributed by atoms with Crippen LogP contribution in [0.3, 0.4) is 0 Å². The lowest BCUT2D eigenvalue weighted by molar-refractivity contribution is 0.244. The second kappa shape index (κ2) is 7.25. The average Bonchev–Trinajstić information content (AvgIpc) is 2.78. The molecule has 2 rings (SSSR count). The summed E-state index contributed by atoms with van der Waals surface area (Å²) in [6.45, 7) is 1.31. The number of likely N-dealkylation sites (N-methyl/N-ethyl adjacent to an activating group) is 1. The van der Waals surface area contributed by atoms with E-state index in [1.54, 1.807) is 11.3 Å². The highest BCUT2D eigenvalue weighted by molar-refractivity contribution is 9.10. The Bertz CT molecular complexity index is 588. The molecule has 0 saturated heterocycles. The van der Waals surface area contributed by atoms with Gasteiger partial charge < -0.3 is 5.73 Å². The van der Waals surface area contributed by atoms with Crippen molar-refractivity contribution >= 4 is 50.5 Å². The lowest BCUT2D eigenvalue weighted by atomic mass is 10.1. The third-order valence-corrected chi connectivity index (χ3v) is 5.15. The Labute approximate surface area is 141 Å². The van der Waals surface area contributed by atoms with Crippen molar-refractivity contribution in [2.75, 3.05) is 13.6 Å². The van der Waals surface area contributed by atoms with E-state index in [4.69, 9.17) is 28.9 Å². The summed E-state index contributed by atoms with van der Waals surface area (Å²) in [5, 5.41) is 0.728. The lowest BCUT2D eigenvalue weighted by Gasteiger charge is -2.27. The van der Waals surface area contributed by atoms with Crippen LogP contribution in [0.15, 0.2) is 34.8 Å². The largest absolute Gasteiger partial charge is 0.329 e. The monoisotopic (exact) mass is 392 g/mol. The molecule has 2 N–H and O–H groups in total. The molecule has 1 aromatic heterocycles. The normalized spacial score (nSPS) is 12.9. The van der Waals surface area contributed by atoms with Crippen LogP contribution in [0.1, 0.15) is 16.5 Å². The first-order valence-electron chi connectivity index (χ1n) is 6.10. The summed E-state index contributed by atoms with van der Waals surface area (Å²) in [7, 11) is 2.05. The Morgan fingerprint density at radius 1 is 1.30 bits per heavy atom. The van der Waals surface area contributed by atoms with Gasteiger partial charge in [0.2, 0.25) is 0 Å². The fourth-order valence-corrected chi connectivity index (χ4v) is 4.06. The maximum absolute atomic E-state index is 6.32. The number of halogens is 3. The molecule has 0 aliphatic heterocycles. The number of nitrogens with zero attached hydrogens (tertiary/aromatic N) is 1. The fourth-order valence-electron chi connectivity index (χ4n) is 2.11. The molecular weight excluding hydrogens is 379 g/mol. The molecule has 0 aliphatic rings. The minimum absolute atomic E-state index is 0.0801. The average molecular weight is 394 g/mol. The van der Waals surface area contributed by atoms with Crippen molar-refractivity contribution < 1.29 is 0 Å². The smallest absolute Gasteiger partial charge is 0.0931 e. The van der Waals surface area contributed by atoms with Gasteiger partial charge in [-0.15, -0.1) is 11.3 Å². The number of nitrogens with two attached hydrogens (primary N) is 1. The van der Waals surface area contributed by atoms with Crippen LogP contribution in [0, 0.1) is 0 Å². The van der Waals surface area contributed by atoms with Crippen molar-refractivity contribution in [2.24, 2.45) is 5.73 Å². The zero-order valence-electron chi connectivity index (χ0n) is 10.9. The molecule has 0 fully saturated rings. The zero-order valence-corrected chi connectivity index (χ0v) is 14.9. The first-order chi connectivity index (χ1) is 9.51. The van der Waals surface area contributed by atoms with Crippen LogP contribution in [0.2, 0.25) is 9.36 Å². The Kier molecular flexibility index (Phi) is 5.90. The molecule has 2 nitrogen and oxygen atoms in total. The Morgan fingerprint density at radius 3 is 2.60 bits per heavy atom. The number of rotatable bonds is 5. The molecule has 2 aromatic rings. The van der Waals surface area contributed by atoms with Gasteiger partial charge in [0.15, 0.2) is 0 Å². The number of thiophene rings is 1. The molecule has 0 spiro atoms. The van der Waals surface area contributed by atoms with Gasteiger partial charge in [-0.2, -0.15) is 0 Å². The van der Waals surface area contributed by atoms with E-state index in [2.05, 4.69) is 20.8 Å². The van der Waals surface area contributed by atoms with Gasteiger partial charge in [-0.3, -0.25) is 4.90 Å². The molecule has 1 heterocycles. The first kappa shape index (κ1) is 16.3. The summed E-state index contributed by atoms with van der Waals surface area (Å²) in [5.41, 5.74) is 6.98. The van der Waals surface area contributed by atoms with Crippen LogP contribution in [-0.4, -0.2) is 18.5 Å². The van der Waals surface area contributed by atoms with Crippen LogP contribution in [0.25, 0.3) is 0 Å². The van der Waals surface area contributed by atoms with E-state index in [1.807, 2.05) is 37.4 Å². The quantitative estimate of drug-likeness (QED) is 0.778. The highest BCUT2D eigenvalue weighted by Gasteiger charge is 2.19. The van der Waals surface area contributed by atoms with E-state index < -0.39 is 0 Å². The molecule has 0 bridgehead atoms. The van der Waals surface area contributed by atoms with Crippen LogP contribution in [0.4, 0.5) is 0 Å². The molecule has 1 atom stereocenters. The van der Waals surface area contributed by atoms with Crippen molar-refractivity contribution in [2.45, 2.75) is 12.6 Å². The van der Waals surface area contributed by atoms with Gasteiger partial charge in [-0.05, 0) is 36.9 Å². The maximum Gasteiger partial charge on any atom is 0.0931 e. The van der Waals surface area contributed by atoms with Gasteiger partial charge >= 0.3 is 0 Å². The predicted octanol–water partition coefficient (Wildman–Crippen LogP) is 4.95. The number of hydrogen-bond donors (Lipinski definition) is 1. The second-order valence-electron chi connectivity index (χ2n) is 4.54. The Balaban J connectivity index is 2.18. The van der Waals surface area contributed by atoms with Crippen LogP contribution in [-0.2, 0) is 6.54 Å². The van der Waals surface area contributed by atoms with E-state index in [9.17, 15) is 0 Å². The number of hydrogen-bond acceptors (Lipinski definition) is 3. The van der Waals surface area contributed by atoms with Crippen molar-refractivity contribution in [3.8, 4) is 0 Å². The van der Waals surface area contributed by atoms with Crippen molar-refractivity contribution in [3.63, 3.8) is 0 Å². The van der Waals surface area contributed by atoms with Crippen LogP contribution < -0.4 is 5.73 Å². The minimum Gasteiger partial charge on any atom is -0.329 e. The molecule has 1 aromatic carbocycles. The molecule has 0 aliphatic carbocycles. The zero-order chi connectivity index (χ0) is 14.7. The van der Waals surface area contributed by atoms with Gasteiger partial charge in [0.1, 0.15) is 0 Å². The van der Waals surface area contributed by atoms with E-state index in [-0.39, 0.29) is 6.04 Å². The molecule has 0 amide bonds. The minimum atomic E-state index is 0.0801. The molecule has 0 saturated carbocycles. The SMILES string of the molecule is CN(Cc1ccc(Cl)s1)C(CN)c1ccc(Br)cc1Cl. The summed E-state index contributed by atoms with van der Waals surface area (Å²) in [6.07, 6.45) is 0. The van der Waals surface area contributed by atoms with Gasteiger partial charge in [0, 0.05) is 33.5 Å². The van der Waals surface area contributed by atoms with Gasteiger partial charge in [-0.25, -0.2) is 0 Å². The van der Waals surface area contributed by atoms with Crippen molar-refractivity contribution in [1.82, 2.24) is 4.90 Å². The standard InChI is InChI=1S/C14H15BrCl2N2S/c1-19(8-10-3-5-14(17)20-10)13(7-18)11-4-2-9(15)6-12(11)16/h2-6,13H,7-8,18H2,1H3. The summed E-state index contributed by atoms with van der Waals surface area (Å²) in [5.74, 6) is 0. The molecular formula is C14H15BrCl2N2S. The second-order valence-corrected chi connectivity index (χ2v) is 7.66. The first-order valence-corrected chi connectivity index (χ1v) is 8.47. The number of benzene rings is 1. The van der Waals surface area contributed by atoms with Crippen LogP contribution >= 0.6 is 50.5 Å². The van der Waals surface area contributed by atoms with Gasteiger partial charge in [-0.1, -0.05) is 45.2 Å². The Hall–Kier alpha value is -0.100. The molecule has 0 radical (unpaired) electrons. The highest BCUT2D eigenvalue weighted by atomic mass is 79.9. The fraction of sp³-hybridized carbons (Fsp3) is 0.286. The lowest BCUT2D eigenvalue weighted by Crippen LogP contribution is -2.30. The van der Waals surface area contributed by atoms with Crippen molar-refractivity contribution in [1.29, 1.82) is 0 Å². The molecule has 20 heavy (non-hydrogen) atoms. The predicted molar refractivity (Wildman–Crippen MR) is 91.7 cm³/mol. The summed E-state index contributed by atoms with van der Waals surface area (Å²) in [6, 6.07) is 9.94. The van der Waals surface area contributed by atoms with E-state index in [1.165, 1.54) is 4.88 Å². The highest BCUT2D eigenvalue weighted by Crippen LogP contribution is 2.31. The van der Waals surface area contributed by atoms with E-state index >= 15 is 0 Å². The topological polar surface area (TPSA) is 29.3 Å². The third kappa shape index (κ3) is 3.97. The van der Waals surface area contributed by atoms with E-state index in [0.29, 0.717) is 6.54 Å². The molecule has 108 valence electrons. The summed E-state index contributed by atoms with van der Waals surface area (Å²) >= 11 is 17.3.